The van der Waals surface area contributed by atoms with Crippen LogP contribution in [0.25, 0.3) is 0 Å². The Hall–Kier alpha value is -2.75. The molecule has 0 bridgehead atoms. The van der Waals surface area contributed by atoms with Crippen LogP contribution in [0.5, 0.6) is 5.75 Å². The van der Waals surface area contributed by atoms with Gasteiger partial charge in [-0.05, 0) is 31.5 Å². The lowest BCUT2D eigenvalue weighted by molar-refractivity contribution is -0.129. The second-order valence-corrected chi connectivity index (χ2v) is 9.07. The standard InChI is InChI=1S/C23H27N3O5S/c1-14-22(32-15(2)24-14)20(27)18-19(16-4-6-17(30-3)7-5-16)26(23(29)21(18)28)9-8-25-10-12-31-13-11-25/h4-7,19,28H,8-13H2,1-3H3/t19-/m0/s1. The van der Waals surface area contributed by atoms with Crippen molar-refractivity contribution in [2.45, 2.75) is 19.9 Å². The molecule has 0 radical (unpaired) electrons. The Morgan fingerprint density at radius 2 is 1.91 bits per heavy atom. The Labute approximate surface area is 191 Å². The first-order valence-corrected chi connectivity index (χ1v) is 11.4. The molecule has 0 unspecified atom stereocenters. The van der Waals surface area contributed by atoms with Crippen molar-refractivity contribution in [1.29, 1.82) is 0 Å². The fourth-order valence-corrected chi connectivity index (χ4v) is 5.06. The number of carbonyl (C=O) groups is 2. The van der Waals surface area contributed by atoms with Gasteiger partial charge in [0.1, 0.15) is 5.75 Å². The lowest BCUT2D eigenvalue weighted by Gasteiger charge is -2.31. The third-order valence-electron chi connectivity index (χ3n) is 5.85. The number of thiazole rings is 1. The lowest BCUT2D eigenvalue weighted by atomic mass is 9.95. The van der Waals surface area contributed by atoms with E-state index in [1.54, 1.807) is 31.1 Å². The number of amides is 1. The zero-order chi connectivity index (χ0) is 22.8. The van der Waals surface area contributed by atoms with Gasteiger partial charge in [0.05, 0.1) is 47.5 Å². The highest BCUT2D eigenvalue weighted by atomic mass is 32.1. The Bertz CT molecular complexity index is 1040. The summed E-state index contributed by atoms with van der Waals surface area (Å²) in [5.41, 5.74) is 1.45. The number of hydrogen-bond donors (Lipinski definition) is 1. The number of hydrogen-bond acceptors (Lipinski definition) is 8. The summed E-state index contributed by atoms with van der Waals surface area (Å²) in [6, 6.07) is 6.56. The smallest absolute Gasteiger partial charge is 0.290 e. The molecule has 1 saturated heterocycles. The number of aliphatic hydroxyl groups excluding tert-OH is 1. The number of aliphatic hydroxyl groups is 1. The molecular weight excluding hydrogens is 430 g/mol. The third kappa shape index (κ3) is 4.28. The van der Waals surface area contributed by atoms with Crippen LogP contribution in [0.1, 0.15) is 32.0 Å². The molecule has 170 valence electrons. The number of ether oxygens (including phenoxy) is 2. The maximum Gasteiger partial charge on any atom is 0.290 e. The number of nitrogens with zero attached hydrogens (tertiary/aromatic N) is 3. The normalized spacial score (nSPS) is 19.7. The summed E-state index contributed by atoms with van der Waals surface area (Å²) in [7, 11) is 1.58. The summed E-state index contributed by atoms with van der Waals surface area (Å²) in [5.74, 6) is -0.689. The number of Topliss-reactive ketones (excluding diaryl/α,β-unsaturated/α-hetero) is 1. The first kappa shape index (κ1) is 22.4. The number of rotatable bonds is 7. The van der Waals surface area contributed by atoms with Crippen LogP contribution in [0.4, 0.5) is 0 Å². The molecule has 0 saturated carbocycles. The van der Waals surface area contributed by atoms with E-state index in [0.717, 1.165) is 23.7 Å². The summed E-state index contributed by atoms with van der Waals surface area (Å²) < 4.78 is 10.7. The molecule has 4 rings (SSSR count). The summed E-state index contributed by atoms with van der Waals surface area (Å²) in [5, 5.41) is 11.6. The van der Waals surface area contributed by atoms with Gasteiger partial charge in [-0.2, -0.15) is 0 Å². The van der Waals surface area contributed by atoms with Crippen LogP contribution in [0.2, 0.25) is 0 Å². The SMILES string of the molecule is COc1ccc([C@H]2C(C(=O)c3sc(C)nc3C)=C(O)C(=O)N2CCN2CCOCC2)cc1. The first-order chi connectivity index (χ1) is 15.4. The summed E-state index contributed by atoms with van der Waals surface area (Å²) >= 11 is 1.28. The van der Waals surface area contributed by atoms with Gasteiger partial charge in [-0.15, -0.1) is 11.3 Å². The van der Waals surface area contributed by atoms with E-state index in [4.69, 9.17) is 9.47 Å². The van der Waals surface area contributed by atoms with Gasteiger partial charge >= 0.3 is 0 Å². The van der Waals surface area contributed by atoms with Gasteiger partial charge in [0.2, 0.25) is 5.78 Å². The van der Waals surface area contributed by atoms with Crippen LogP contribution >= 0.6 is 11.3 Å². The highest BCUT2D eigenvalue weighted by Crippen LogP contribution is 2.40. The summed E-state index contributed by atoms with van der Waals surface area (Å²) in [4.78, 5) is 35.2. The minimum atomic E-state index is -0.677. The molecule has 1 aromatic heterocycles. The minimum absolute atomic E-state index is 0.105. The van der Waals surface area contributed by atoms with Crippen molar-refractivity contribution in [2.24, 2.45) is 0 Å². The molecule has 1 N–H and O–H groups in total. The maximum absolute atomic E-state index is 13.5. The average molecular weight is 458 g/mol. The van der Waals surface area contributed by atoms with Gasteiger partial charge in [-0.1, -0.05) is 12.1 Å². The van der Waals surface area contributed by atoms with Gasteiger partial charge in [-0.3, -0.25) is 14.5 Å². The number of morpholine rings is 1. The number of ketones is 1. The quantitative estimate of drug-likeness (QED) is 0.639. The van der Waals surface area contributed by atoms with Crippen molar-refractivity contribution >= 4 is 23.0 Å². The van der Waals surface area contributed by atoms with Crippen LogP contribution in [0, 0.1) is 13.8 Å². The van der Waals surface area contributed by atoms with Gasteiger partial charge in [0, 0.05) is 26.2 Å². The molecule has 1 amide bonds. The zero-order valence-electron chi connectivity index (χ0n) is 18.5. The predicted octanol–water partition coefficient (Wildman–Crippen LogP) is 2.68. The Balaban J connectivity index is 1.69. The molecule has 2 aliphatic heterocycles. The van der Waals surface area contributed by atoms with Gasteiger partial charge in [0.25, 0.3) is 5.91 Å². The summed E-state index contributed by atoms with van der Waals surface area (Å²) in [6.45, 7) is 7.52. The largest absolute Gasteiger partial charge is 0.503 e. The van der Waals surface area contributed by atoms with Crippen molar-refractivity contribution in [3.63, 3.8) is 0 Å². The molecule has 3 heterocycles. The van der Waals surface area contributed by atoms with Crippen molar-refractivity contribution in [3.8, 4) is 5.75 Å². The molecule has 9 heteroatoms. The van der Waals surface area contributed by atoms with Crippen LogP contribution in [0.3, 0.4) is 0 Å². The van der Waals surface area contributed by atoms with Crippen LogP contribution in [-0.4, -0.2) is 78.1 Å². The fourth-order valence-electron chi connectivity index (χ4n) is 4.19. The van der Waals surface area contributed by atoms with E-state index in [1.807, 2.05) is 19.1 Å². The lowest BCUT2D eigenvalue weighted by Crippen LogP contribution is -2.43. The van der Waals surface area contributed by atoms with E-state index in [9.17, 15) is 14.7 Å². The number of methoxy groups -OCH3 is 1. The fraction of sp³-hybridized carbons (Fsp3) is 0.435. The molecule has 2 aromatic rings. The number of carbonyl (C=O) groups excluding carboxylic acids is 2. The topological polar surface area (TPSA) is 92.2 Å². The van der Waals surface area contributed by atoms with Crippen molar-refractivity contribution in [2.75, 3.05) is 46.5 Å². The van der Waals surface area contributed by atoms with E-state index in [2.05, 4.69) is 9.88 Å². The average Bonchev–Trinajstić information content (AvgIpc) is 3.28. The molecule has 1 atom stereocenters. The zero-order valence-corrected chi connectivity index (χ0v) is 19.3. The predicted molar refractivity (Wildman–Crippen MR) is 120 cm³/mol. The van der Waals surface area contributed by atoms with Crippen molar-refractivity contribution < 1.29 is 24.2 Å². The van der Waals surface area contributed by atoms with Gasteiger partial charge in [0.15, 0.2) is 5.76 Å². The van der Waals surface area contributed by atoms with E-state index in [0.29, 0.717) is 42.6 Å². The Morgan fingerprint density at radius 1 is 1.22 bits per heavy atom. The molecular formula is C23H27N3O5S. The molecule has 1 aromatic carbocycles. The van der Waals surface area contributed by atoms with E-state index in [-0.39, 0.29) is 11.4 Å². The Morgan fingerprint density at radius 3 is 2.50 bits per heavy atom. The van der Waals surface area contributed by atoms with Crippen LogP contribution in [-0.2, 0) is 9.53 Å². The minimum Gasteiger partial charge on any atom is -0.503 e. The van der Waals surface area contributed by atoms with E-state index < -0.39 is 17.7 Å². The second-order valence-electron chi connectivity index (χ2n) is 7.87. The highest BCUT2D eigenvalue weighted by Gasteiger charge is 2.44. The number of benzene rings is 1. The molecule has 2 aliphatic rings. The van der Waals surface area contributed by atoms with Gasteiger partial charge in [-0.25, -0.2) is 4.98 Å². The molecule has 8 nitrogen and oxygen atoms in total. The molecule has 0 spiro atoms. The monoisotopic (exact) mass is 457 g/mol. The van der Waals surface area contributed by atoms with Crippen molar-refractivity contribution in [1.82, 2.24) is 14.8 Å². The van der Waals surface area contributed by atoms with E-state index >= 15 is 0 Å². The van der Waals surface area contributed by atoms with Crippen molar-refractivity contribution in [3.05, 3.63) is 56.7 Å². The Kier molecular flexibility index (Phi) is 6.59. The molecule has 0 aliphatic carbocycles. The van der Waals surface area contributed by atoms with Crippen LogP contribution in [0.15, 0.2) is 35.6 Å². The molecule has 32 heavy (non-hydrogen) atoms. The van der Waals surface area contributed by atoms with Crippen LogP contribution < -0.4 is 4.74 Å². The maximum atomic E-state index is 13.5. The number of aromatic nitrogens is 1. The number of aryl methyl sites for hydroxylation is 2. The summed E-state index contributed by atoms with van der Waals surface area (Å²) in [6.07, 6.45) is 0. The van der Waals surface area contributed by atoms with Gasteiger partial charge < -0.3 is 19.5 Å². The van der Waals surface area contributed by atoms with E-state index in [1.165, 1.54) is 11.3 Å². The first-order valence-electron chi connectivity index (χ1n) is 10.6. The third-order valence-corrected chi connectivity index (χ3v) is 6.92. The molecule has 1 fully saturated rings. The second kappa shape index (κ2) is 9.40. The highest BCUT2D eigenvalue weighted by molar-refractivity contribution is 7.14.